The van der Waals surface area contributed by atoms with Crippen molar-refractivity contribution >= 4 is 5.91 Å². The van der Waals surface area contributed by atoms with E-state index in [0.29, 0.717) is 11.8 Å². The van der Waals surface area contributed by atoms with Crippen LogP contribution in [0.25, 0.3) is 0 Å². The van der Waals surface area contributed by atoms with E-state index in [1.54, 1.807) is 6.08 Å². The van der Waals surface area contributed by atoms with Gasteiger partial charge in [-0.2, -0.15) is 0 Å². The molecule has 3 unspecified atom stereocenters. The molecule has 4 nitrogen and oxygen atoms in total. The van der Waals surface area contributed by atoms with E-state index in [4.69, 9.17) is 0 Å². The fourth-order valence-electron chi connectivity index (χ4n) is 3.02. The van der Waals surface area contributed by atoms with Crippen molar-refractivity contribution in [1.82, 2.24) is 10.2 Å². The van der Waals surface area contributed by atoms with Crippen molar-refractivity contribution < 1.29 is 9.90 Å². The van der Waals surface area contributed by atoms with Crippen LogP contribution in [0.3, 0.4) is 0 Å². The molecule has 2 N–H and O–H groups in total. The zero-order valence-corrected chi connectivity index (χ0v) is 13.5. The number of nitrogens with one attached hydrogen (secondary N) is 1. The molecule has 0 aromatic rings. The van der Waals surface area contributed by atoms with Gasteiger partial charge in [-0.25, -0.2) is 0 Å². The highest BCUT2D eigenvalue weighted by Crippen LogP contribution is 2.44. The average molecular weight is 282 g/mol. The van der Waals surface area contributed by atoms with Crippen molar-refractivity contribution in [2.45, 2.75) is 39.7 Å². The Kier molecular flexibility index (Phi) is 6.21. The number of carbonyl (C=O) groups is 1. The van der Waals surface area contributed by atoms with E-state index in [0.717, 1.165) is 19.4 Å². The maximum absolute atomic E-state index is 11.9. The molecule has 1 saturated carbocycles. The van der Waals surface area contributed by atoms with E-state index in [1.165, 1.54) is 0 Å². The lowest BCUT2D eigenvalue weighted by molar-refractivity contribution is -0.118. The van der Waals surface area contributed by atoms with Crippen LogP contribution in [0.4, 0.5) is 0 Å². The molecule has 0 aromatic carbocycles. The smallest absolute Gasteiger partial charge is 0.243 e. The van der Waals surface area contributed by atoms with Crippen molar-refractivity contribution in [2.24, 2.45) is 17.3 Å². The molecule has 1 aliphatic carbocycles. The lowest BCUT2D eigenvalue weighted by Gasteiger charge is -2.47. The zero-order chi connectivity index (χ0) is 15.3. The van der Waals surface area contributed by atoms with Gasteiger partial charge in [0.25, 0.3) is 0 Å². The number of rotatable bonds is 5. The van der Waals surface area contributed by atoms with Crippen molar-refractivity contribution in [3.8, 4) is 0 Å². The zero-order valence-electron chi connectivity index (χ0n) is 13.5. The molecule has 0 aliphatic heterocycles. The van der Waals surface area contributed by atoms with Gasteiger partial charge in [0.2, 0.25) is 5.91 Å². The topological polar surface area (TPSA) is 52.6 Å². The fourth-order valence-corrected chi connectivity index (χ4v) is 3.02. The van der Waals surface area contributed by atoms with Crippen LogP contribution in [0.5, 0.6) is 0 Å². The lowest BCUT2D eigenvalue weighted by Crippen LogP contribution is -2.51. The first kappa shape index (κ1) is 17.2. The molecule has 1 aliphatic rings. The second-order valence-corrected chi connectivity index (χ2v) is 6.85. The number of hydrogen-bond donors (Lipinski definition) is 2. The van der Waals surface area contributed by atoms with Crippen LogP contribution in [0.15, 0.2) is 12.2 Å². The minimum atomic E-state index is -0.0121. The van der Waals surface area contributed by atoms with E-state index in [1.807, 2.05) is 25.1 Å². The third kappa shape index (κ3) is 4.32. The molecule has 0 heterocycles. The number of amides is 1. The lowest BCUT2D eigenvalue weighted by atomic mass is 9.61. The van der Waals surface area contributed by atoms with Gasteiger partial charge in [-0.1, -0.05) is 26.8 Å². The number of likely N-dealkylation sites (N-methyl/N-ethyl adjacent to an activating group) is 1. The second kappa shape index (κ2) is 7.23. The average Bonchev–Trinajstić information content (AvgIpc) is 2.35. The maximum Gasteiger partial charge on any atom is 0.243 e. The Labute approximate surface area is 123 Å². The standard InChI is InChI=1S/C16H30N2O2/c1-12-14(9-8-13(11-19)16(12,2)3)17-15(20)7-6-10-18(4)5/h6-7,12-14,19H,8-11H2,1-5H3,(H,17,20)/b7-6+. The summed E-state index contributed by atoms with van der Waals surface area (Å²) in [6, 6.07) is 0.198. The van der Waals surface area contributed by atoms with Gasteiger partial charge in [0, 0.05) is 25.3 Å². The first-order valence-corrected chi connectivity index (χ1v) is 7.51. The Morgan fingerprint density at radius 3 is 2.60 bits per heavy atom. The summed E-state index contributed by atoms with van der Waals surface area (Å²) in [7, 11) is 3.95. The molecular formula is C16H30N2O2. The molecule has 0 aromatic heterocycles. The van der Waals surface area contributed by atoms with Crippen molar-refractivity contribution in [3.63, 3.8) is 0 Å². The van der Waals surface area contributed by atoms with Gasteiger partial charge in [0.15, 0.2) is 0 Å². The molecule has 0 saturated heterocycles. The number of aliphatic hydroxyl groups excluding tert-OH is 1. The van der Waals surface area contributed by atoms with Crippen LogP contribution in [0.1, 0.15) is 33.6 Å². The number of carbonyl (C=O) groups excluding carboxylic acids is 1. The first-order chi connectivity index (χ1) is 9.28. The molecule has 0 bridgehead atoms. The van der Waals surface area contributed by atoms with Crippen molar-refractivity contribution in [3.05, 3.63) is 12.2 Å². The Morgan fingerprint density at radius 1 is 1.40 bits per heavy atom. The van der Waals surface area contributed by atoms with Gasteiger partial charge < -0.3 is 15.3 Å². The van der Waals surface area contributed by atoms with Gasteiger partial charge in [0.05, 0.1) is 0 Å². The normalized spacial score (nSPS) is 29.9. The number of aliphatic hydroxyl groups is 1. The summed E-state index contributed by atoms with van der Waals surface area (Å²) in [6.45, 7) is 7.57. The van der Waals surface area contributed by atoms with Crippen molar-refractivity contribution in [1.29, 1.82) is 0 Å². The van der Waals surface area contributed by atoms with Crippen LogP contribution in [-0.2, 0) is 4.79 Å². The van der Waals surface area contributed by atoms with E-state index < -0.39 is 0 Å². The van der Waals surface area contributed by atoms with Crippen LogP contribution in [0, 0.1) is 17.3 Å². The van der Waals surface area contributed by atoms with Crippen LogP contribution in [-0.4, -0.2) is 49.2 Å². The summed E-state index contributed by atoms with van der Waals surface area (Å²) >= 11 is 0. The number of hydrogen-bond acceptors (Lipinski definition) is 3. The minimum Gasteiger partial charge on any atom is -0.396 e. The third-order valence-electron chi connectivity index (χ3n) is 4.94. The highest BCUT2D eigenvalue weighted by molar-refractivity contribution is 5.87. The van der Waals surface area contributed by atoms with E-state index in [-0.39, 0.29) is 24.0 Å². The molecule has 1 amide bonds. The molecule has 0 spiro atoms. The molecule has 3 atom stereocenters. The van der Waals surface area contributed by atoms with E-state index in [9.17, 15) is 9.90 Å². The molecule has 20 heavy (non-hydrogen) atoms. The Balaban J connectivity index is 2.56. The molecular weight excluding hydrogens is 252 g/mol. The Bertz CT molecular complexity index is 350. The fraction of sp³-hybridized carbons (Fsp3) is 0.812. The molecule has 116 valence electrons. The number of nitrogens with zero attached hydrogens (tertiary/aromatic N) is 1. The van der Waals surface area contributed by atoms with E-state index >= 15 is 0 Å². The van der Waals surface area contributed by atoms with Crippen molar-refractivity contribution in [2.75, 3.05) is 27.2 Å². The highest BCUT2D eigenvalue weighted by Gasteiger charge is 2.42. The van der Waals surface area contributed by atoms with Crippen LogP contribution in [0.2, 0.25) is 0 Å². The predicted molar refractivity (Wildman–Crippen MR) is 82.4 cm³/mol. The third-order valence-corrected chi connectivity index (χ3v) is 4.94. The van der Waals surface area contributed by atoms with Gasteiger partial charge in [-0.3, -0.25) is 4.79 Å². The largest absolute Gasteiger partial charge is 0.396 e. The summed E-state index contributed by atoms with van der Waals surface area (Å²) in [6.07, 6.45) is 5.42. The van der Waals surface area contributed by atoms with E-state index in [2.05, 4.69) is 26.1 Å². The van der Waals surface area contributed by atoms with Crippen LogP contribution >= 0.6 is 0 Å². The van der Waals surface area contributed by atoms with Gasteiger partial charge >= 0.3 is 0 Å². The molecule has 1 rings (SSSR count). The van der Waals surface area contributed by atoms with Gasteiger partial charge in [0.1, 0.15) is 0 Å². The predicted octanol–water partition coefficient (Wildman–Crippen LogP) is 1.65. The molecule has 4 heteroatoms. The summed E-state index contributed by atoms with van der Waals surface area (Å²) in [5.41, 5.74) is 0.0539. The van der Waals surface area contributed by atoms with Crippen LogP contribution < -0.4 is 5.32 Å². The SMILES string of the molecule is CC1C(NC(=O)/C=C/CN(C)C)CCC(CO)C1(C)C. The first-order valence-electron chi connectivity index (χ1n) is 7.51. The maximum atomic E-state index is 11.9. The minimum absolute atomic E-state index is 0.0121. The van der Waals surface area contributed by atoms with Gasteiger partial charge in [-0.05, 0) is 44.2 Å². The summed E-state index contributed by atoms with van der Waals surface area (Å²) in [4.78, 5) is 14.0. The molecule has 0 radical (unpaired) electrons. The summed E-state index contributed by atoms with van der Waals surface area (Å²) in [5, 5.41) is 12.6. The summed E-state index contributed by atoms with van der Waals surface area (Å²) in [5.74, 6) is 0.677. The monoisotopic (exact) mass is 282 g/mol. The Morgan fingerprint density at radius 2 is 2.05 bits per heavy atom. The Hall–Kier alpha value is -0.870. The summed E-state index contributed by atoms with van der Waals surface area (Å²) < 4.78 is 0. The van der Waals surface area contributed by atoms with Gasteiger partial charge in [-0.15, -0.1) is 0 Å². The highest BCUT2D eigenvalue weighted by atomic mass is 16.3. The second-order valence-electron chi connectivity index (χ2n) is 6.85. The molecule has 1 fully saturated rings. The quantitative estimate of drug-likeness (QED) is 0.754.